The van der Waals surface area contributed by atoms with Crippen LogP contribution in [0.15, 0.2) is 10.9 Å². The van der Waals surface area contributed by atoms with Crippen molar-refractivity contribution in [2.45, 2.75) is 25.8 Å². The standard InChI is InChI=1S/C12H19N3OS2/c1-10-3-6-17-7-5-15(10)12(16)13-4-2-11-8-18-9-14-11/h8-10H,2-7H2,1H3,(H,13,16)/t10-/m1/s1. The van der Waals surface area contributed by atoms with Crippen molar-refractivity contribution in [3.05, 3.63) is 16.6 Å². The number of aromatic nitrogens is 1. The maximum absolute atomic E-state index is 12.1. The van der Waals surface area contributed by atoms with Crippen LogP contribution >= 0.6 is 23.1 Å². The van der Waals surface area contributed by atoms with E-state index in [1.807, 2.05) is 27.6 Å². The van der Waals surface area contributed by atoms with Crippen molar-refractivity contribution in [1.29, 1.82) is 0 Å². The number of thiazole rings is 1. The Kier molecular flexibility index (Phi) is 5.31. The molecule has 1 aliphatic heterocycles. The molecule has 0 aliphatic carbocycles. The lowest BCUT2D eigenvalue weighted by Crippen LogP contribution is -2.46. The summed E-state index contributed by atoms with van der Waals surface area (Å²) in [4.78, 5) is 18.2. The average molecular weight is 285 g/mol. The Bertz CT molecular complexity index is 369. The quantitative estimate of drug-likeness (QED) is 0.926. The highest BCUT2D eigenvalue weighted by Crippen LogP contribution is 2.15. The van der Waals surface area contributed by atoms with Gasteiger partial charge in [-0.3, -0.25) is 0 Å². The van der Waals surface area contributed by atoms with Crippen molar-refractivity contribution in [2.75, 3.05) is 24.6 Å². The summed E-state index contributed by atoms with van der Waals surface area (Å²) in [6, 6.07) is 0.416. The Morgan fingerprint density at radius 1 is 1.61 bits per heavy atom. The van der Waals surface area contributed by atoms with Crippen LogP contribution < -0.4 is 5.32 Å². The number of nitrogens with one attached hydrogen (secondary N) is 1. The SMILES string of the molecule is C[C@@H]1CCSCCN1C(=O)NCCc1cscn1. The number of nitrogens with zero attached hydrogens (tertiary/aromatic N) is 2. The summed E-state index contributed by atoms with van der Waals surface area (Å²) >= 11 is 3.52. The molecule has 2 rings (SSSR count). The molecule has 1 saturated heterocycles. The summed E-state index contributed by atoms with van der Waals surface area (Å²) in [5.41, 5.74) is 2.88. The van der Waals surface area contributed by atoms with Gasteiger partial charge in [-0.2, -0.15) is 11.8 Å². The molecule has 4 nitrogen and oxygen atoms in total. The second-order valence-electron chi connectivity index (χ2n) is 4.41. The van der Waals surface area contributed by atoms with Crippen LogP contribution in [-0.4, -0.2) is 46.6 Å². The number of thioether (sulfide) groups is 1. The molecule has 1 aliphatic rings. The van der Waals surface area contributed by atoms with Crippen LogP contribution in [0.4, 0.5) is 4.79 Å². The molecule has 0 radical (unpaired) electrons. The molecule has 100 valence electrons. The van der Waals surface area contributed by atoms with Gasteiger partial charge in [0.05, 0.1) is 11.2 Å². The van der Waals surface area contributed by atoms with Crippen LogP contribution in [0.2, 0.25) is 0 Å². The Balaban J connectivity index is 1.76. The van der Waals surface area contributed by atoms with E-state index in [0.717, 1.165) is 36.6 Å². The van der Waals surface area contributed by atoms with E-state index in [0.29, 0.717) is 12.6 Å². The number of carbonyl (C=O) groups is 1. The van der Waals surface area contributed by atoms with Crippen LogP contribution in [0.1, 0.15) is 19.0 Å². The first-order chi connectivity index (χ1) is 8.77. The van der Waals surface area contributed by atoms with E-state index in [2.05, 4.69) is 17.2 Å². The largest absolute Gasteiger partial charge is 0.338 e. The van der Waals surface area contributed by atoms with Crippen molar-refractivity contribution in [3.63, 3.8) is 0 Å². The van der Waals surface area contributed by atoms with Crippen LogP contribution in [0, 0.1) is 0 Å². The summed E-state index contributed by atoms with van der Waals surface area (Å²) in [6.07, 6.45) is 1.90. The highest BCUT2D eigenvalue weighted by Gasteiger charge is 2.21. The number of carbonyl (C=O) groups excluding carboxylic acids is 1. The molecule has 1 aromatic rings. The van der Waals surface area contributed by atoms with E-state index >= 15 is 0 Å². The molecule has 1 atom stereocenters. The minimum atomic E-state index is 0.0697. The van der Waals surface area contributed by atoms with E-state index < -0.39 is 0 Å². The second kappa shape index (κ2) is 6.99. The molecular weight excluding hydrogens is 266 g/mol. The van der Waals surface area contributed by atoms with Gasteiger partial charge in [0.25, 0.3) is 0 Å². The molecule has 1 fully saturated rings. The summed E-state index contributed by atoms with van der Waals surface area (Å²) in [5.74, 6) is 2.20. The number of urea groups is 1. The van der Waals surface area contributed by atoms with Crippen LogP contribution in [0.3, 0.4) is 0 Å². The van der Waals surface area contributed by atoms with Crippen molar-refractivity contribution in [3.8, 4) is 0 Å². The monoisotopic (exact) mass is 285 g/mol. The lowest BCUT2D eigenvalue weighted by atomic mass is 10.2. The maximum Gasteiger partial charge on any atom is 0.317 e. The summed E-state index contributed by atoms with van der Waals surface area (Å²) < 4.78 is 0. The van der Waals surface area contributed by atoms with Gasteiger partial charge in [0, 0.05) is 36.7 Å². The zero-order chi connectivity index (χ0) is 12.8. The molecule has 1 aromatic heterocycles. The van der Waals surface area contributed by atoms with Crippen molar-refractivity contribution < 1.29 is 4.79 Å². The van der Waals surface area contributed by atoms with Gasteiger partial charge in [-0.05, 0) is 19.1 Å². The van der Waals surface area contributed by atoms with Gasteiger partial charge >= 0.3 is 6.03 Å². The first-order valence-corrected chi connectivity index (χ1v) is 8.36. The molecule has 0 saturated carbocycles. The fraction of sp³-hybridized carbons (Fsp3) is 0.667. The minimum Gasteiger partial charge on any atom is -0.338 e. The van der Waals surface area contributed by atoms with E-state index in [1.54, 1.807) is 11.3 Å². The van der Waals surface area contributed by atoms with Gasteiger partial charge in [0.1, 0.15) is 0 Å². The van der Waals surface area contributed by atoms with Crippen molar-refractivity contribution >= 4 is 29.1 Å². The zero-order valence-corrected chi connectivity index (χ0v) is 12.2. The highest BCUT2D eigenvalue weighted by molar-refractivity contribution is 7.99. The molecule has 0 unspecified atom stereocenters. The lowest BCUT2D eigenvalue weighted by Gasteiger charge is -2.26. The number of hydrogen-bond acceptors (Lipinski definition) is 4. The van der Waals surface area contributed by atoms with Gasteiger partial charge < -0.3 is 10.2 Å². The van der Waals surface area contributed by atoms with Crippen molar-refractivity contribution in [2.24, 2.45) is 0 Å². The molecular formula is C12H19N3OS2. The van der Waals surface area contributed by atoms with Gasteiger partial charge in [-0.1, -0.05) is 0 Å². The Labute approximate surface area is 116 Å². The smallest absolute Gasteiger partial charge is 0.317 e. The van der Waals surface area contributed by atoms with Crippen LogP contribution in [-0.2, 0) is 6.42 Å². The number of rotatable bonds is 3. The first kappa shape index (κ1) is 13.7. The van der Waals surface area contributed by atoms with E-state index in [1.165, 1.54) is 0 Å². The van der Waals surface area contributed by atoms with Crippen LogP contribution in [0.5, 0.6) is 0 Å². The third-order valence-electron chi connectivity index (χ3n) is 3.09. The minimum absolute atomic E-state index is 0.0697. The van der Waals surface area contributed by atoms with E-state index in [-0.39, 0.29) is 6.03 Å². The third-order valence-corrected chi connectivity index (χ3v) is 4.72. The van der Waals surface area contributed by atoms with Crippen molar-refractivity contribution in [1.82, 2.24) is 15.2 Å². The molecule has 2 heterocycles. The normalized spacial score (nSPS) is 20.5. The maximum atomic E-state index is 12.1. The molecule has 0 bridgehead atoms. The Hall–Kier alpha value is -0.750. The molecule has 2 amide bonds. The van der Waals surface area contributed by atoms with E-state index in [9.17, 15) is 4.79 Å². The number of hydrogen-bond donors (Lipinski definition) is 1. The number of amides is 2. The fourth-order valence-electron chi connectivity index (χ4n) is 1.96. The van der Waals surface area contributed by atoms with Gasteiger partial charge in [-0.15, -0.1) is 11.3 Å². The topological polar surface area (TPSA) is 45.2 Å². The average Bonchev–Trinajstić information content (AvgIpc) is 2.77. The Morgan fingerprint density at radius 3 is 3.28 bits per heavy atom. The summed E-state index contributed by atoms with van der Waals surface area (Å²) in [5, 5.41) is 5.02. The summed E-state index contributed by atoms with van der Waals surface area (Å²) in [7, 11) is 0. The second-order valence-corrected chi connectivity index (χ2v) is 6.35. The first-order valence-electron chi connectivity index (χ1n) is 6.26. The van der Waals surface area contributed by atoms with Gasteiger partial charge in [0.2, 0.25) is 0 Å². The fourth-order valence-corrected chi connectivity index (χ4v) is 3.59. The Morgan fingerprint density at radius 2 is 2.50 bits per heavy atom. The molecule has 6 heteroatoms. The third kappa shape index (κ3) is 3.88. The molecule has 0 spiro atoms. The molecule has 18 heavy (non-hydrogen) atoms. The lowest BCUT2D eigenvalue weighted by molar-refractivity contribution is 0.183. The van der Waals surface area contributed by atoms with Crippen LogP contribution in [0.25, 0.3) is 0 Å². The predicted molar refractivity (Wildman–Crippen MR) is 77.3 cm³/mol. The van der Waals surface area contributed by atoms with E-state index in [4.69, 9.17) is 0 Å². The molecule has 1 N–H and O–H groups in total. The predicted octanol–water partition coefficient (Wildman–Crippen LogP) is 2.22. The molecule has 0 aromatic carbocycles. The van der Waals surface area contributed by atoms with Gasteiger partial charge in [-0.25, -0.2) is 9.78 Å². The summed E-state index contributed by atoms with van der Waals surface area (Å²) in [6.45, 7) is 3.65. The highest BCUT2D eigenvalue weighted by atomic mass is 32.2. The zero-order valence-electron chi connectivity index (χ0n) is 10.6. The van der Waals surface area contributed by atoms with Gasteiger partial charge in [0.15, 0.2) is 0 Å².